The third-order valence-electron chi connectivity index (χ3n) is 2.94. The summed E-state index contributed by atoms with van der Waals surface area (Å²) in [6.07, 6.45) is 3.03. The van der Waals surface area contributed by atoms with Crippen LogP contribution in [0.1, 0.15) is 18.4 Å². The monoisotopic (exact) mass is 208 g/mol. The van der Waals surface area contributed by atoms with Crippen molar-refractivity contribution in [2.45, 2.75) is 24.8 Å². The van der Waals surface area contributed by atoms with Gasteiger partial charge in [0.25, 0.3) is 0 Å². The molecule has 0 unspecified atom stereocenters. The maximum Gasteiger partial charge on any atom is 0.146 e. The third-order valence-corrected chi connectivity index (χ3v) is 2.94. The van der Waals surface area contributed by atoms with Gasteiger partial charge in [-0.15, -0.1) is 0 Å². The summed E-state index contributed by atoms with van der Waals surface area (Å²) in [6.45, 7) is 0. The zero-order valence-corrected chi connectivity index (χ0v) is 9.26. The van der Waals surface area contributed by atoms with Gasteiger partial charge in [-0.2, -0.15) is 0 Å². The lowest BCUT2D eigenvalue weighted by Crippen LogP contribution is -2.24. The van der Waals surface area contributed by atoms with E-state index in [9.17, 15) is 4.39 Å². The smallest absolute Gasteiger partial charge is 0.146 e. The Morgan fingerprint density at radius 3 is 2.60 bits per heavy atom. The summed E-state index contributed by atoms with van der Waals surface area (Å²) in [4.78, 5) is 1.79. The third kappa shape index (κ3) is 2.29. The van der Waals surface area contributed by atoms with Crippen molar-refractivity contribution < 1.29 is 4.39 Å². The lowest BCUT2D eigenvalue weighted by molar-refractivity contribution is 0.622. The predicted molar refractivity (Wildman–Crippen MR) is 60.6 cm³/mol. The van der Waals surface area contributed by atoms with Crippen molar-refractivity contribution in [3.05, 3.63) is 29.6 Å². The second-order valence-corrected chi connectivity index (χ2v) is 4.72. The van der Waals surface area contributed by atoms with E-state index >= 15 is 0 Å². The Morgan fingerprint density at radius 1 is 1.40 bits per heavy atom. The second-order valence-electron chi connectivity index (χ2n) is 4.72. The van der Waals surface area contributed by atoms with Gasteiger partial charge in [0.2, 0.25) is 0 Å². The highest BCUT2D eigenvalue weighted by molar-refractivity contribution is 5.49. The van der Waals surface area contributed by atoms with Crippen LogP contribution in [0.25, 0.3) is 0 Å². The molecule has 2 N–H and O–H groups in total. The van der Waals surface area contributed by atoms with Crippen LogP contribution in [0.15, 0.2) is 18.2 Å². The highest BCUT2D eigenvalue weighted by Gasteiger charge is 2.38. The van der Waals surface area contributed by atoms with Gasteiger partial charge in [0.15, 0.2) is 0 Å². The fraction of sp³-hybridized carbons (Fsp3) is 0.500. The number of rotatable bonds is 3. The van der Waals surface area contributed by atoms with Gasteiger partial charge in [-0.25, -0.2) is 4.39 Å². The SMILES string of the molecule is CN(C)c1cc(CC2(N)CC2)ccc1F. The zero-order chi connectivity index (χ0) is 11.1. The molecule has 1 aromatic rings. The molecule has 15 heavy (non-hydrogen) atoms. The van der Waals surface area contributed by atoms with E-state index in [1.54, 1.807) is 4.90 Å². The number of hydrogen-bond acceptors (Lipinski definition) is 2. The number of nitrogens with two attached hydrogens (primary N) is 1. The van der Waals surface area contributed by atoms with E-state index < -0.39 is 0 Å². The molecule has 0 bridgehead atoms. The molecule has 0 aromatic heterocycles. The molecule has 0 aliphatic heterocycles. The van der Waals surface area contributed by atoms with Gasteiger partial charge in [0, 0.05) is 19.6 Å². The Hall–Kier alpha value is -1.09. The van der Waals surface area contributed by atoms with Crippen molar-refractivity contribution in [2.24, 2.45) is 5.73 Å². The number of anilines is 1. The average molecular weight is 208 g/mol. The van der Waals surface area contributed by atoms with Gasteiger partial charge in [0.1, 0.15) is 5.82 Å². The van der Waals surface area contributed by atoms with Crippen LogP contribution in [0.5, 0.6) is 0 Å². The summed E-state index contributed by atoms with van der Waals surface area (Å²) >= 11 is 0. The normalized spacial score (nSPS) is 17.6. The topological polar surface area (TPSA) is 29.3 Å². The summed E-state index contributed by atoms with van der Waals surface area (Å²) in [5, 5.41) is 0. The fourth-order valence-corrected chi connectivity index (χ4v) is 1.75. The molecular formula is C12H17FN2. The fourth-order valence-electron chi connectivity index (χ4n) is 1.75. The van der Waals surface area contributed by atoms with Crippen molar-refractivity contribution in [3.63, 3.8) is 0 Å². The molecule has 82 valence electrons. The van der Waals surface area contributed by atoms with Crippen molar-refractivity contribution >= 4 is 5.69 Å². The molecule has 0 heterocycles. The average Bonchev–Trinajstić information content (AvgIpc) is 2.87. The maximum atomic E-state index is 13.4. The summed E-state index contributed by atoms with van der Waals surface area (Å²) in [5.41, 5.74) is 7.78. The number of benzene rings is 1. The molecule has 1 saturated carbocycles. The molecule has 2 rings (SSSR count). The Kier molecular flexibility index (Phi) is 2.43. The number of halogens is 1. The minimum absolute atomic E-state index is 0.0125. The summed E-state index contributed by atoms with van der Waals surface area (Å²) in [6, 6.07) is 5.24. The summed E-state index contributed by atoms with van der Waals surface area (Å²) in [7, 11) is 3.69. The molecule has 1 fully saturated rings. The molecule has 0 atom stereocenters. The molecule has 1 aliphatic carbocycles. The van der Waals surface area contributed by atoms with Gasteiger partial charge in [-0.05, 0) is 37.0 Å². The molecule has 0 saturated heterocycles. The van der Waals surface area contributed by atoms with Crippen LogP contribution < -0.4 is 10.6 Å². The van der Waals surface area contributed by atoms with Gasteiger partial charge in [-0.3, -0.25) is 0 Å². The van der Waals surface area contributed by atoms with Crippen LogP contribution in [0.4, 0.5) is 10.1 Å². The lowest BCUT2D eigenvalue weighted by Gasteiger charge is -2.16. The number of nitrogens with zero attached hydrogens (tertiary/aromatic N) is 1. The van der Waals surface area contributed by atoms with E-state index in [4.69, 9.17) is 5.73 Å². The Balaban J connectivity index is 2.22. The van der Waals surface area contributed by atoms with Gasteiger partial charge >= 0.3 is 0 Å². The largest absolute Gasteiger partial charge is 0.375 e. The molecule has 0 spiro atoms. The van der Waals surface area contributed by atoms with E-state index in [1.165, 1.54) is 6.07 Å². The van der Waals surface area contributed by atoms with Crippen LogP contribution in [-0.2, 0) is 6.42 Å². The quantitative estimate of drug-likeness (QED) is 0.822. The first-order valence-electron chi connectivity index (χ1n) is 5.25. The Bertz CT molecular complexity index is 370. The first-order valence-corrected chi connectivity index (χ1v) is 5.25. The van der Waals surface area contributed by atoms with Gasteiger partial charge < -0.3 is 10.6 Å². The van der Waals surface area contributed by atoms with Crippen LogP contribution in [0, 0.1) is 5.82 Å². The van der Waals surface area contributed by atoms with Gasteiger partial charge in [-0.1, -0.05) is 6.07 Å². The molecular weight excluding hydrogens is 191 g/mol. The minimum atomic E-state index is -0.175. The van der Waals surface area contributed by atoms with Crippen molar-refractivity contribution in [1.82, 2.24) is 0 Å². The Morgan fingerprint density at radius 2 is 2.07 bits per heavy atom. The van der Waals surface area contributed by atoms with Gasteiger partial charge in [0.05, 0.1) is 5.69 Å². The predicted octanol–water partition coefficient (Wildman–Crippen LogP) is 1.93. The minimum Gasteiger partial charge on any atom is -0.375 e. The highest BCUT2D eigenvalue weighted by Crippen LogP contribution is 2.36. The first kappa shape index (κ1) is 10.4. The maximum absolute atomic E-state index is 13.4. The Labute approximate surface area is 89.9 Å². The summed E-state index contributed by atoms with van der Waals surface area (Å²) in [5.74, 6) is -0.175. The summed E-state index contributed by atoms with van der Waals surface area (Å²) < 4.78 is 13.4. The van der Waals surface area contributed by atoms with Crippen LogP contribution >= 0.6 is 0 Å². The second kappa shape index (κ2) is 3.49. The van der Waals surface area contributed by atoms with E-state index in [1.807, 2.05) is 26.2 Å². The number of hydrogen-bond donors (Lipinski definition) is 1. The zero-order valence-electron chi connectivity index (χ0n) is 9.26. The molecule has 2 nitrogen and oxygen atoms in total. The van der Waals surface area contributed by atoms with E-state index in [2.05, 4.69) is 0 Å². The van der Waals surface area contributed by atoms with E-state index in [0.29, 0.717) is 5.69 Å². The molecule has 1 aromatic carbocycles. The molecule has 1 aliphatic rings. The van der Waals surface area contributed by atoms with Crippen LogP contribution in [-0.4, -0.2) is 19.6 Å². The van der Waals surface area contributed by atoms with Crippen LogP contribution in [0.2, 0.25) is 0 Å². The molecule has 0 amide bonds. The lowest BCUT2D eigenvalue weighted by atomic mass is 10.0. The van der Waals surface area contributed by atoms with E-state index in [-0.39, 0.29) is 11.4 Å². The van der Waals surface area contributed by atoms with Crippen molar-refractivity contribution in [3.8, 4) is 0 Å². The van der Waals surface area contributed by atoms with E-state index in [0.717, 1.165) is 24.8 Å². The van der Waals surface area contributed by atoms with Crippen LogP contribution in [0.3, 0.4) is 0 Å². The van der Waals surface area contributed by atoms with Crippen molar-refractivity contribution in [1.29, 1.82) is 0 Å². The first-order chi connectivity index (χ1) is 7.00. The standard InChI is InChI=1S/C12H17FN2/c1-15(2)11-7-9(3-4-10(11)13)8-12(14)5-6-12/h3-4,7H,5-6,8,14H2,1-2H3. The van der Waals surface area contributed by atoms with Crippen molar-refractivity contribution in [2.75, 3.05) is 19.0 Å². The highest BCUT2D eigenvalue weighted by atomic mass is 19.1. The molecule has 3 heteroatoms. The molecule has 0 radical (unpaired) electrons.